The number of esters is 3. The molecule has 0 saturated heterocycles. The van der Waals surface area contributed by atoms with Gasteiger partial charge in [0.05, 0.1) is 0 Å². The van der Waals surface area contributed by atoms with Crippen molar-refractivity contribution in [2.45, 2.75) is 213 Å². The van der Waals surface area contributed by atoms with Crippen LogP contribution in [0.25, 0.3) is 0 Å². The standard InChI is InChI=1S/C54H88O6/c1-4-7-10-13-16-19-22-25-27-30-32-35-38-41-44-47-53(56)59-50-51(49-58-52(55)46-43-40-37-34-31-28-24-21-18-15-12-9-6-3)60-54(57)48-45-42-39-36-33-29-26-23-20-17-14-11-8-5-2/h7,9-10,12-13,15-16,18-19,21-22,24-25,27-28,31,51H,4-6,8,11,14,17,20,23,26,29-30,32-50H2,1-3H3/b10-7+,12-9+,16-13+,18-15+,22-19+,24-21+,27-25+,31-28+. The molecule has 0 rings (SSSR count). The summed E-state index contributed by atoms with van der Waals surface area (Å²) in [4.78, 5) is 37.9. The molecule has 60 heavy (non-hydrogen) atoms. The minimum atomic E-state index is -0.801. The Kier molecular flexibility index (Phi) is 45.1. The van der Waals surface area contributed by atoms with Crippen LogP contribution in [0.5, 0.6) is 0 Å². The Morgan fingerprint density at radius 2 is 0.650 bits per heavy atom. The van der Waals surface area contributed by atoms with Crippen molar-refractivity contribution in [1.29, 1.82) is 0 Å². The van der Waals surface area contributed by atoms with E-state index >= 15 is 0 Å². The molecular formula is C54H88O6. The molecule has 0 heterocycles. The van der Waals surface area contributed by atoms with Crippen LogP contribution in [0.3, 0.4) is 0 Å². The number of carbonyl (C=O) groups excluding carboxylic acids is 3. The van der Waals surface area contributed by atoms with E-state index in [4.69, 9.17) is 14.2 Å². The quantitative estimate of drug-likeness (QED) is 0.0264. The lowest BCUT2D eigenvalue weighted by Crippen LogP contribution is -2.30. The van der Waals surface area contributed by atoms with Crippen LogP contribution >= 0.6 is 0 Å². The molecule has 0 aliphatic heterocycles. The maximum Gasteiger partial charge on any atom is 0.306 e. The van der Waals surface area contributed by atoms with Crippen molar-refractivity contribution in [3.8, 4) is 0 Å². The first-order valence-corrected chi connectivity index (χ1v) is 24.3. The Bertz CT molecular complexity index is 1230. The van der Waals surface area contributed by atoms with Gasteiger partial charge >= 0.3 is 17.9 Å². The van der Waals surface area contributed by atoms with Crippen molar-refractivity contribution in [2.24, 2.45) is 0 Å². The largest absolute Gasteiger partial charge is 0.462 e. The Labute approximate surface area is 368 Å². The molecule has 0 aliphatic rings. The molecule has 0 saturated carbocycles. The van der Waals surface area contributed by atoms with Crippen LogP contribution in [0, 0.1) is 0 Å². The van der Waals surface area contributed by atoms with Crippen LogP contribution in [0.4, 0.5) is 0 Å². The van der Waals surface area contributed by atoms with Gasteiger partial charge in [0.1, 0.15) is 13.2 Å². The van der Waals surface area contributed by atoms with Gasteiger partial charge in [0.2, 0.25) is 0 Å². The van der Waals surface area contributed by atoms with E-state index in [1.54, 1.807) is 0 Å². The number of ether oxygens (including phenoxy) is 3. The van der Waals surface area contributed by atoms with Crippen molar-refractivity contribution in [2.75, 3.05) is 13.2 Å². The summed E-state index contributed by atoms with van der Waals surface area (Å²) in [6, 6.07) is 0. The van der Waals surface area contributed by atoms with E-state index < -0.39 is 6.10 Å². The van der Waals surface area contributed by atoms with Gasteiger partial charge in [-0.05, 0) is 57.8 Å². The third-order valence-electron chi connectivity index (χ3n) is 10.0. The maximum absolute atomic E-state index is 12.8. The maximum atomic E-state index is 12.8. The van der Waals surface area contributed by atoms with Gasteiger partial charge in [0.25, 0.3) is 0 Å². The predicted molar refractivity (Wildman–Crippen MR) is 256 cm³/mol. The molecule has 6 nitrogen and oxygen atoms in total. The molecule has 0 aromatic carbocycles. The van der Waals surface area contributed by atoms with Crippen LogP contribution in [0.2, 0.25) is 0 Å². The molecule has 340 valence electrons. The van der Waals surface area contributed by atoms with Gasteiger partial charge in [0, 0.05) is 19.3 Å². The fraction of sp³-hybridized carbons (Fsp3) is 0.648. The summed E-state index contributed by atoms with van der Waals surface area (Å²) in [5, 5.41) is 0. The Hall–Kier alpha value is -3.67. The highest BCUT2D eigenvalue weighted by atomic mass is 16.6. The summed E-state index contributed by atoms with van der Waals surface area (Å²) < 4.78 is 16.7. The molecule has 1 atom stereocenters. The molecule has 1 unspecified atom stereocenters. The van der Waals surface area contributed by atoms with E-state index in [0.29, 0.717) is 19.3 Å². The molecule has 0 bridgehead atoms. The predicted octanol–water partition coefficient (Wildman–Crippen LogP) is 15.8. The first-order chi connectivity index (χ1) is 29.5. The van der Waals surface area contributed by atoms with Crippen molar-refractivity contribution in [1.82, 2.24) is 0 Å². The molecule has 0 aliphatic carbocycles. The van der Waals surface area contributed by atoms with E-state index in [1.165, 1.54) is 70.6 Å². The summed E-state index contributed by atoms with van der Waals surface area (Å²) in [6.45, 7) is 6.29. The average molecular weight is 833 g/mol. The number of unbranched alkanes of at least 4 members (excludes halogenated alkanes) is 21. The van der Waals surface area contributed by atoms with Gasteiger partial charge in [-0.15, -0.1) is 0 Å². The lowest BCUT2D eigenvalue weighted by atomic mass is 10.0. The number of hydrogen-bond acceptors (Lipinski definition) is 6. The van der Waals surface area contributed by atoms with Crippen molar-refractivity contribution < 1.29 is 28.6 Å². The second-order valence-electron chi connectivity index (χ2n) is 15.8. The topological polar surface area (TPSA) is 78.9 Å². The highest BCUT2D eigenvalue weighted by Crippen LogP contribution is 2.15. The van der Waals surface area contributed by atoms with Crippen molar-refractivity contribution in [3.05, 3.63) is 97.2 Å². The highest BCUT2D eigenvalue weighted by Gasteiger charge is 2.19. The summed E-state index contributed by atoms with van der Waals surface area (Å²) >= 11 is 0. The fourth-order valence-corrected chi connectivity index (χ4v) is 6.40. The number of hydrogen-bond donors (Lipinski definition) is 0. The molecule has 0 amide bonds. The zero-order valence-electron chi connectivity index (χ0n) is 38.7. The lowest BCUT2D eigenvalue weighted by Gasteiger charge is -2.18. The third kappa shape index (κ3) is 45.4. The summed E-state index contributed by atoms with van der Waals surface area (Å²) in [6.07, 6.45) is 62.4. The van der Waals surface area contributed by atoms with Gasteiger partial charge in [-0.1, -0.05) is 227 Å². The lowest BCUT2D eigenvalue weighted by molar-refractivity contribution is -0.167. The fourth-order valence-electron chi connectivity index (χ4n) is 6.40. The molecule has 6 heteroatoms. The van der Waals surface area contributed by atoms with Crippen molar-refractivity contribution in [3.63, 3.8) is 0 Å². The third-order valence-corrected chi connectivity index (χ3v) is 10.0. The Morgan fingerprint density at radius 1 is 0.350 bits per heavy atom. The first-order valence-electron chi connectivity index (χ1n) is 24.3. The van der Waals surface area contributed by atoms with E-state index in [-0.39, 0.29) is 31.1 Å². The van der Waals surface area contributed by atoms with Crippen molar-refractivity contribution >= 4 is 17.9 Å². The summed E-state index contributed by atoms with van der Waals surface area (Å²) in [5.41, 5.74) is 0. The molecular weight excluding hydrogens is 745 g/mol. The van der Waals surface area contributed by atoms with Gasteiger partial charge in [-0.3, -0.25) is 14.4 Å². The minimum absolute atomic E-state index is 0.103. The Morgan fingerprint density at radius 3 is 1.03 bits per heavy atom. The monoisotopic (exact) mass is 833 g/mol. The zero-order chi connectivity index (χ0) is 43.7. The van der Waals surface area contributed by atoms with E-state index in [1.807, 2.05) is 60.8 Å². The van der Waals surface area contributed by atoms with Crippen LogP contribution < -0.4 is 0 Å². The van der Waals surface area contributed by atoms with Crippen LogP contribution in [0.15, 0.2) is 97.2 Å². The molecule has 0 fully saturated rings. The van der Waals surface area contributed by atoms with Gasteiger partial charge in [-0.25, -0.2) is 0 Å². The SMILES string of the molecule is CC/C=C/C=C/C=C/C=C/CCCCCCCC(=O)OCC(COC(=O)CCCCC/C=C/C=C/C=C/C=C/CC)OC(=O)CCCCCCCCCCCCCCCC. The molecule has 0 radical (unpaired) electrons. The average Bonchev–Trinajstić information content (AvgIpc) is 3.24. The second-order valence-corrected chi connectivity index (χ2v) is 15.8. The molecule has 0 N–H and O–H groups in total. The van der Waals surface area contributed by atoms with Gasteiger partial charge in [-0.2, -0.15) is 0 Å². The molecule has 0 aromatic heterocycles. The molecule has 0 aromatic rings. The minimum Gasteiger partial charge on any atom is -0.462 e. The number of carbonyl (C=O) groups is 3. The zero-order valence-corrected chi connectivity index (χ0v) is 38.7. The Balaban J connectivity index is 4.49. The van der Waals surface area contributed by atoms with Crippen LogP contribution in [-0.2, 0) is 28.6 Å². The first kappa shape index (κ1) is 56.3. The normalized spacial score (nSPS) is 12.9. The van der Waals surface area contributed by atoms with E-state index in [0.717, 1.165) is 96.3 Å². The van der Waals surface area contributed by atoms with Gasteiger partial charge < -0.3 is 14.2 Å². The molecule has 0 spiro atoms. The van der Waals surface area contributed by atoms with Gasteiger partial charge in [0.15, 0.2) is 6.10 Å². The summed E-state index contributed by atoms with van der Waals surface area (Å²) in [5.74, 6) is -0.967. The smallest absolute Gasteiger partial charge is 0.306 e. The van der Waals surface area contributed by atoms with E-state index in [9.17, 15) is 14.4 Å². The van der Waals surface area contributed by atoms with Crippen LogP contribution in [-0.4, -0.2) is 37.2 Å². The summed E-state index contributed by atoms with van der Waals surface area (Å²) in [7, 11) is 0. The van der Waals surface area contributed by atoms with Crippen LogP contribution in [0.1, 0.15) is 207 Å². The number of allylic oxidation sites excluding steroid dienone is 16. The number of rotatable bonds is 42. The highest BCUT2D eigenvalue weighted by molar-refractivity contribution is 5.71. The van der Waals surface area contributed by atoms with E-state index in [2.05, 4.69) is 57.2 Å². The second kappa shape index (κ2) is 48.0.